The first-order valence-electron chi connectivity index (χ1n) is 11.4. The summed E-state index contributed by atoms with van der Waals surface area (Å²) in [4.78, 5) is 30.8. The van der Waals surface area contributed by atoms with Crippen LogP contribution < -0.4 is 20.4 Å². The van der Waals surface area contributed by atoms with E-state index in [1.54, 1.807) is 0 Å². The maximum Gasteiger partial charge on any atom is 0.323 e. The molecule has 0 bridgehead atoms. The highest BCUT2D eigenvalue weighted by atomic mass is 16.5. The minimum atomic E-state index is -0.302. The van der Waals surface area contributed by atoms with Crippen molar-refractivity contribution in [3.8, 4) is 11.4 Å². The number of hydrogen-bond acceptors (Lipinski definition) is 8. The van der Waals surface area contributed by atoms with E-state index < -0.39 is 0 Å². The Morgan fingerprint density at radius 2 is 1.18 bits per heavy atom. The van der Waals surface area contributed by atoms with E-state index in [9.17, 15) is 4.79 Å². The lowest BCUT2D eigenvalue weighted by Crippen LogP contribution is -2.40. The Kier molecular flexibility index (Phi) is 6.78. The lowest BCUT2D eigenvalue weighted by atomic mass is 10.2. The summed E-state index contributed by atoms with van der Waals surface area (Å²) in [5.41, 5.74) is 2.25. The number of para-hydroxylation sites is 1. The Morgan fingerprint density at radius 3 is 1.71 bits per heavy atom. The van der Waals surface area contributed by atoms with Gasteiger partial charge in [-0.15, -0.1) is 0 Å². The fraction of sp³-hybridized carbons (Fsp3) is 0.333. The van der Waals surface area contributed by atoms with Crippen molar-refractivity contribution in [2.24, 2.45) is 0 Å². The van der Waals surface area contributed by atoms with Gasteiger partial charge in [0.25, 0.3) is 0 Å². The highest BCUT2D eigenvalue weighted by Gasteiger charge is 2.21. The minimum absolute atomic E-state index is 0.302. The van der Waals surface area contributed by atoms with Gasteiger partial charge in [-0.3, -0.25) is 0 Å². The normalized spacial score (nSPS) is 16.2. The van der Waals surface area contributed by atoms with Gasteiger partial charge in [0.1, 0.15) is 0 Å². The molecule has 2 N–H and O–H groups in total. The molecule has 2 amide bonds. The van der Waals surface area contributed by atoms with Crippen molar-refractivity contribution in [2.75, 3.05) is 73.0 Å². The number of nitrogens with zero attached hydrogens (tertiary/aromatic N) is 5. The molecule has 1 aromatic heterocycles. The fourth-order valence-electron chi connectivity index (χ4n) is 3.81. The Hall–Kier alpha value is -3.76. The zero-order chi connectivity index (χ0) is 23.2. The van der Waals surface area contributed by atoms with Crippen LogP contribution in [0.5, 0.6) is 0 Å². The van der Waals surface area contributed by atoms with Gasteiger partial charge < -0.3 is 29.9 Å². The minimum Gasteiger partial charge on any atom is -0.378 e. The Bertz CT molecular complexity index is 1060. The van der Waals surface area contributed by atoms with Crippen molar-refractivity contribution in [3.05, 3.63) is 54.6 Å². The molecular formula is C24H27N7O3. The Labute approximate surface area is 197 Å². The van der Waals surface area contributed by atoms with E-state index in [0.717, 1.165) is 37.4 Å². The number of rotatable bonds is 5. The predicted molar refractivity (Wildman–Crippen MR) is 130 cm³/mol. The third-order valence-corrected chi connectivity index (χ3v) is 5.63. The quantitative estimate of drug-likeness (QED) is 0.598. The van der Waals surface area contributed by atoms with Crippen LogP contribution in [-0.4, -0.2) is 73.6 Å². The van der Waals surface area contributed by atoms with Crippen LogP contribution in [0, 0.1) is 0 Å². The van der Waals surface area contributed by atoms with E-state index in [2.05, 4.69) is 20.4 Å². The van der Waals surface area contributed by atoms with Gasteiger partial charge in [0.2, 0.25) is 11.9 Å². The maximum absolute atomic E-state index is 12.3. The highest BCUT2D eigenvalue weighted by Crippen LogP contribution is 2.24. The smallest absolute Gasteiger partial charge is 0.323 e. The number of aromatic nitrogens is 3. The van der Waals surface area contributed by atoms with Crippen molar-refractivity contribution in [1.29, 1.82) is 0 Å². The number of anilines is 4. The monoisotopic (exact) mass is 461 g/mol. The van der Waals surface area contributed by atoms with E-state index in [0.29, 0.717) is 49.8 Å². The highest BCUT2D eigenvalue weighted by molar-refractivity contribution is 5.99. The van der Waals surface area contributed by atoms with Gasteiger partial charge in [0, 0.05) is 43.1 Å². The molecule has 2 saturated heterocycles. The van der Waals surface area contributed by atoms with Crippen LogP contribution in [0.3, 0.4) is 0 Å². The van der Waals surface area contributed by atoms with Crippen LogP contribution in [0.1, 0.15) is 0 Å². The summed E-state index contributed by atoms with van der Waals surface area (Å²) < 4.78 is 11.0. The number of morpholine rings is 2. The lowest BCUT2D eigenvalue weighted by molar-refractivity contribution is 0.121. The Morgan fingerprint density at radius 1 is 0.676 bits per heavy atom. The number of urea groups is 1. The predicted octanol–water partition coefficient (Wildman–Crippen LogP) is 2.86. The zero-order valence-corrected chi connectivity index (χ0v) is 18.8. The van der Waals surface area contributed by atoms with Crippen molar-refractivity contribution in [3.63, 3.8) is 0 Å². The van der Waals surface area contributed by atoms with Crippen molar-refractivity contribution in [2.45, 2.75) is 0 Å². The maximum atomic E-state index is 12.3. The van der Waals surface area contributed by atoms with Gasteiger partial charge in [0.15, 0.2) is 5.82 Å². The van der Waals surface area contributed by atoms with Crippen molar-refractivity contribution < 1.29 is 14.3 Å². The van der Waals surface area contributed by atoms with Crippen molar-refractivity contribution >= 4 is 29.3 Å². The van der Waals surface area contributed by atoms with E-state index >= 15 is 0 Å². The summed E-state index contributed by atoms with van der Waals surface area (Å²) in [5.74, 6) is 1.90. The number of carbonyl (C=O) groups is 1. The first kappa shape index (κ1) is 22.1. The molecule has 2 fully saturated rings. The summed E-state index contributed by atoms with van der Waals surface area (Å²) in [5, 5.41) is 5.66. The molecule has 0 saturated carbocycles. The fourth-order valence-corrected chi connectivity index (χ4v) is 3.81. The van der Waals surface area contributed by atoms with Crippen LogP contribution in [0.25, 0.3) is 11.4 Å². The average Bonchev–Trinajstić information content (AvgIpc) is 2.90. The molecule has 176 valence electrons. The molecular weight excluding hydrogens is 434 g/mol. The number of nitrogens with one attached hydrogen (secondary N) is 2. The molecule has 0 radical (unpaired) electrons. The molecule has 10 heteroatoms. The zero-order valence-electron chi connectivity index (χ0n) is 18.8. The van der Waals surface area contributed by atoms with Crippen molar-refractivity contribution in [1.82, 2.24) is 15.0 Å². The largest absolute Gasteiger partial charge is 0.378 e. The summed E-state index contributed by atoms with van der Waals surface area (Å²) in [7, 11) is 0. The molecule has 2 aliphatic heterocycles. The van der Waals surface area contributed by atoms with Gasteiger partial charge in [-0.25, -0.2) is 4.79 Å². The third-order valence-electron chi connectivity index (χ3n) is 5.63. The summed E-state index contributed by atoms with van der Waals surface area (Å²) in [6.45, 7) is 5.57. The molecule has 0 unspecified atom stereocenters. The summed E-state index contributed by atoms with van der Waals surface area (Å²) >= 11 is 0. The lowest BCUT2D eigenvalue weighted by Gasteiger charge is -2.30. The van der Waals surface area contributed by atoms with E-state index in [1.807, 2.05) is 54.6 Å². The molecule has 2 aliphatic rings. The van der Waals surface area contributed by atoms with Crippen LogP contribution in [0.2, 0.25) is 0 Å². The SMILES string of the molecule is O=C(Nc1ccccc1)Nc1ccc(-c2nc(N3CCOCC3)nc(N3CCOCC3)n2)cc1. The molecule has 0 atom stereocenters. The van der Waals surface area contributed by atoms with Crippen LogP contribution in [0.4, 0.5) is 28.1 Å². The third kappa shape index (κ3) is 5.41. The Balaban J connectivity index is 1.35. The second-order valence-corrected chi connectivity index (χ2v) is 7.98. The molecule has 0 aliphatic carbocycles. The molecule has 5 rings (SSSR count). The van der Waals surface area contributed by atoms with E-state index in [1.165, 1.54) is 0 Å². The van der Waals surface area contributed by atoms with Gasteiger partial charge in [-0.1, -0.05) is 18.2 Å². The van der Waals surface area contributed by atoms with Crippen LogP contribution in [0.15, 0.2) is 54.6 Å². The molecule has 0 spiro atoms. The standard InChI is InChI=1S/C24H27N7O3/c32-24(25-19-4-2-1-3-5-19)26-20-8-6-18(7-9-20)21-27-22(30-10-14-33-15-11-30)29-23(28-21)31-12-16-34-17-13-31/h1-9H,10-17H2,(H2,25,26,32). The van der Waals surface area contributed by atoms with Gasteiger partial charge in [-0.2, -0.15) is 15.0 Å². The second kappa shape index (κ2) is 10.4. The number of hydrogen-bond donors (Lipinski definition) is 2. The molecule has 10 nitrogen and oxygen atoms in total. The summed E-state index contributed by atoms with van der Waals surface area (Å²) in [6, 6.07) is 16.5. The van der Waals surface area contributed by atoms with Gasteiger partial charge in [-0.05, 0) is 36.4 Å². The number of benzene rings is 2. The first-order chi connectivity index (χ1) is 16.7. The molecule has 3 heterocycles. The molecule has 3 aromatic rings. The molecule has 34 heavy (non-hydrogen) atoms. The van der Waals surface area contributed by atoms with Gasteiger partial charge >= 0.3 is 6.03 Å². The molecule has 2 aromatic carbocycles. The van der Waals surface area contributed by atoms with E-state index in [4.69, 9.17) is 24.4 Å². The number of amides is 2. The first-order valence-corrected chi connectivity index (χ1v) is 11.4. The van der Waals surface area contributed by atoms with E-state index in [-0.39, 0.29) is 6.03 Å². The summed E-state index contributed by atoms with van der Waals surface area (Å²) in [6.07, 6.45) is 0. The second-order valence-electron chi connectivity index (χ2n) is 7.98. The number of ether oxygens (including phenoxy) is 2. The number of carbonyl (C=O) groups excluding carboxylic acids is 1. The average molecular weight is 462 g/mol. The van der Waals surface area contributed by atoms with Crippen LogP contribution >= 0.6 is 0 Å². The van der Waals surface area contributed by atoms with Gasteiger partial charge in [0.05, 0.1) is 26.4 Å². The van der Waals surface area contributed by atoms with Crippen LogP contribution in [-0.2, 0) is 9.47 Å². The topological polar surface area (TPSA) is 105 Å².